The van der Waals surface area contributed by atoms with Gasteiger partial charge in [0.2, 0.25) is 0 Å². The van der Waals surface area contributed by atoms with Gasteiger partial charge in [-0.2, -0.15) is 13.2 Å². The van der Waals surface area contributed by atoms with Gasteiger partial charge in [0, 0.05) is 13.2 Å². The topological polar surface area (TPSA) is 61.8 Å². The third kappa shape index (κ3) is 5.32. The second-order valence-corrected chi connectivity index (χ2v) is 4.85. The number of carbonyl (C=O) groups excluding carboxylic acids is 2. The first-order chi connectivity index (χ1) is 11.8. The first-order valence-corrected chi connectivity index (χ1v) is 6.98. The molecule has 0 unspecified atom stereocenters. The first kappa shape index (κ1) is 18.5. The fourth-order valence-electron chi connectivity index (χ4n) is 1.87. The second kappa shape index (κ2) is 7.80. The van der Waals surface area contributed by atoms with Crippen molar-refractivity contribution in [3.63, 3.8) is 0 Å². The van der Waals surface area contributed by atoms with E-state index in [0.717, 1.165) is 12.1 Å². The maximum absolute atomic E-state index is 12.7. The maximum Gasteiger partial charge on any atom is 0.416 e. The molecule has 0 saturated carbocycles. The number of benzene rings is 2. The van der Waals surface area contributed by atoms with Crippen LogP contribution in [0.5, 0.6) is 11.5 Å². The summed E-state index contributed by atoms with van der Waals surface area (Å²) in [6, 6.07) is 9.46. The van der Waals surface area contributed by atoms with E-state index in [0.29, 0.717) is 6.07 Å². The van der Waals surface area contributed by atoms with E-state index >= 15 is 0 Å². The number of rotatable bonds is 5. The van der Waals surface area contributed by atoms with E-state index in [4.69, 9.17) is 9.47 Å². The number of carbonyl (C=O) groups is 2. The van der Waals surface area contributed by atoms with Crippen LogP contribution in [-0.2, 0) is 15.7 Å². The predicted octanol–water partition coefficient (Wildman–Crippen LogP) is 3.48. The highest BCUT2D eigenvalue weighted by Crippen LogP contribution is 2.30. The fourth-order valence-corrected chi connectivity index (χ4v) is 1.87. The van der Waals surface area contributed by atoms with Crippen molar-refractivity contribution in [3.8, 4) is 11.5 Å². The van der Waals surface area contributed by atoms with E-state index in [1.165, 1.54) is 37.4 Å². The average Bonchev–Trinajstić information content (AvgIpc) is 2.54. The van der Waals surface area contributed by atoms with Crippen LogP contribution in [0.25, 0.3) is 0 Å². The number of ether oxygens (including phenoxy) is 3. The number of methoxy groups -OCH3 is 1. The number of alkyl halides is 3. The minimum absolute atomic E-state index is 0.0186. The number of esters is 2. The molecular formula is C17H13F3O5. The monoisotopic (exact) mass is 354 g/mol. The third-order valence-corrected chi connectivity index (χ3v) is 2.94. The average molecular weight is 354 g/mol. The van der Waals surface area contributed by atoms with E-state index in [9.17, 15) is 22.8 Å². The van der Waals surface area contributed by atoms with Crippen LogP contribution < -0.4 is 9.47 Å². The maximum atomic E-state index is 12.7. The molecular weight excluding hydrogens is 341 g/mol. The summed E-state index contributed by atoms with van der Waals surface area (Å²) in [5, 5.41) is 0. The summed E-state index contributed by atoms with van der Waals surface area (Å²) < 4.78 is 52.6. The normalized spacial score (nSPS) is 11.0. The van der Waals surface area contributed by atoms with Crippen molar-refractivity contribution in [2.75, 3.05) is 13.7 Å². The minimum Gasteiger partial charge on any atom is -0.425 e. The highest BCUT2D eigenvalue weighted by Gasteiger charge is 2.31. The summed E-state index contributed by atoms with van der Waals surface area (Å²) in [6.07, 6.45) is -4.56. The van der Waals surface area contributed by atoms with Crippen molar-refractivity contribution in [3.05, 3.63) is 59.7 Å². The van der Waals surface area contributed by atoms with Crippen LogP contribution in [0.3, 0.4) is 0 Å². The Bertz CT molecular complexity index is 771. The SMILES string of the molecule is COCC(=O)Oc1cccc(OC(=O)c2cccc(C(F)(F)F)c2)c1. The van der Waals surface area contributed by atoms with Crippen LogP contribution >= 0.6 is 0 Å². The van der Waals surface area contributed by atoms with Crippen molar-refractivity contribution >= 4 is 11.9 Å². The molecule has 0 aliphatic heterocycles. The van der Waals surface area contributed by atoms with Gasteiger partial charge in [0.05, 0.1) is 11.1 Å². The van der Waals surface area contributed by atoms with Crippen molar-refractivity contribution in [1.82, 2.24) is 0 Å². The van der Waals surface area contributed by atoms with Gasteiger partial charge >= 0.3 is 18.1 Å². The molecule has 0 N–H and O–H groups in total. The molecule has 0 fully saturated rings. The standard InChI is InChI=1S/C17H13F3O5/c1-23-10-15(21)24-13-6-3-7-14(9-13)25-16(22)11-4-2-5-12(8-11)17(18,19)20/h2-9H,10H2,1H3. The molecule has 0 amide bonds. The van der Waals surface area contributed by atoms with Gasteiger partial charge in [-0.25, -0.2) is 9.59 Å². The summed E-state index contributed by atoms with van der Waals surface area (Å²) in [5.41, 5.74) is -1.21. The van der Waals surface area contributed by atoms with E-state index in [-0.39, 0.29) is 23.7 Å². The summed E-state index contributed by atoms with van der Waals surface area (Å²) in [5.74, 6) is -1.49. The summed E-state index contributed by atoms with van der Waals surface area (Å²) in [6.45, 7) is -0.256. The van der Waals surface area contributed by atoms with E-state index < -0.39 is 23.7 Å². The van der Waals surface area contributed by atoms with Crippen LogP contribution in [0.4, 0.5) is 13.2 Å². The van der Waals surface area contributed by atoms with E-state index in [1.54, 1.807) is 0 Å². The van der Waals surface area contributed by atoms with Crippen molar-refractivity contribution < 1.29 is 37.0 Å². The largest absolute Gasteiger partial charge is 0.425 e. The smallest absolute Gasteiger partial charge is 0.416 e. The lowest BCUT2D eigenvalue weighted by Crippen LogP contribution is -2.14. The molecule has 0 aliphatic carbocycles. The highest BCUT2D eigenvalue weighted by atomic mass is 19.4. The fraction of sp³-hybridized carbons (Fsp3) is 0.176. The molecule has 2 aromatic carbocycles. The zero-order valence-corrected chi connectivity index (χ0v) is 13.0. The molecule has 8 heteroatoms. The van der Waals surface area contributed by atoms with Gasteiger partial charge in [-0.15, -0.1) is 0 Å². The lowest BCUT2D eigenvalue weighted by molar-refractivity contribution is -0.138. The number of hydrogen-bond acceptors (Lipinski definition) is 5. The molecule has 25 heavy (non-hydrogen) atoms. The Hall–Kier alpha value is -2.87. The molecule has 0 heterocycles. The molecule has 132 valence electrons. The lowest BCUT2D eigenvalue weighted by atomic mass is 10.1. The Labute approximate surface area is 140 Å². The third-order valence-electron chi connectivity index (χ3n) is 2.94. The highest BCUT2D eigenvalue weighted by molar-refractivity contribution is 5.91. The van der Waals surface area contributed by atoms with Gasteiger partial charge in [-0.05, 0) is 30.3 Å². The first-order valence-electron chi connectivity index (χ1n) is 6.98. The molecule has 0 radical (unpaired) electrons. The van der Waals surface area contributed by atoms with Crippen LogP contribution in [0.2, 0.25) is 0 Å². The molecule has 0 aromatic heterocycles. The second-order valence-electron chi connectivity index (χ2n) is 4.85. The van der Waals surface area contributed by atoms with E-state index in [1.807, 2.05) is 0 Å². The molecule has 2 aromatic rings. The van der Waals surface area contributed by atoms with Gasteiger partial charge in [-0.1, -0.05) is 12.1 Å². The Balaban J connectivity index is 2.12. The zero-order valence-electron chi connectivity index (χ0n) is 13.0. The van der Waals surface area contributed by atoms with Crippen molar-refractivity contribution in [1.29, 1.82) is 0 Å². The minimum atomic E-state index is -4.56. The van der Waals surface area contributed by atoms with Gasteiger partial charge in [-0.3, -0.25) is 0 Å². The lowest BCUT2D eigenvalue weighted by Gasteiger charge is -2.09. The summed E-state index contributed by atoms with van der Waals surface area (Å²) in [7, 11) is 1.33. The molecule has 0 bridgehead atoms. The van der Waals surface area contributed by atoms with Gasteiger partial charge < -0.3 is 14.2 Å². The Morgan fingerprint density at radius 3 is 2.24 bits per heavy atom. The number of hydrogen-bond donors (Lipinski definition) is 0. The summed E-state index contributed by atoms with van der Waals surface area (Å²) >= 11 is 0. The van der Waals surface area contributed by atoms with E-state index in [2.05, 4.69) is 4.74 Å². The van der Waals surface area contributed by atoms with Crippen molar-refractivity contribution in [2.45, 2.75) is 6.18 Å². The Morgan fingerprint density at radius 1 is 0.960 bits per heavy atom. The van der Waals surface area contributed by atoms with Gasteiger partial charge in [0.1, 0.15) is 18.1 Å². The molecule has 0 aliphatic rings. The van der Waals surface area contributed by atoms with Crippen LogP contribution in [0.1, 0.15) is 15.9 Å². The molecule has 2 rings (SSSR count). The number of halogens is 3. The van der Waals surface area contributed by atoms with Crippen LogP contribution in [0, 0.1) is 0 Å². The molecule has 0 atom stereocenters. The quantitative estimate of drug-likeness (QED) is 0.608. The van der Waals surface area contributed by atoms with Crippen LogP contribution in [0.15, 0.2) is 48.5 Å². The zero-order chi connectivity index (χ0) is 18.4. The molecule has 5 nitrogen and oxygen atoms in total. The molecule has 0 spiro atoms. The summed E-state index contributed by atoms with van der Waals surface area (Å²) in [4.78, 5) is 23.3. The van der Waals surface area contributed by atoms with Crippen molar-refractivity contribution in [2.24, 2.45) is 0 Å². The molecule has 0 saturated heterocycles. The Morgan fingerprint density at radius 2 is 1.60 bits per heavy atom. The Kier molecular flexibility index (Phi) is 5.76. The predicted molar refractivity (Wildman–Crippen MR) is 80.4 cm³/mol. The van der Waals surface area contributed by atoms with Crippen LogP contribution in [-0.4, -0.2) is 25.7 Å². The van der Waals surface area contributed by atoms with Gasteiger partial charge in [0.15, 0.2) is 0 Å². The van der Waals surface area contributed by atoms with Gasteiger partial charge in [0.25, 0.3) is 0 Å².